The number of hydrogen-bond acceptors (Lipinski definition) is 3. The highest BCUT2D eigenvalue weighted by molar-refractivity contribution is 5.89. The Morgan fingerprint density at radius 1 is 1.00 bits per heavy atom. The number of ether oxygens (including phenoxy) is 1. The molecule has 0 aliphatic carbocycles. The van der Waals surface area contributed by atoms with Gasteiger partial charge >= 0.3 is 6.03 Å². The number of nitrogens with zero attached hydrogens (tertiary/aromatic N) is 2. The molecule has 128 valence electrons. The molecular formula is C19H25N3O2. The van der Waals surface area contributed by atoms with Crippen LogP contribution in [0.5, 0.6) is 5.75 Å². The number of likely N-dealkylation sites (N-methyl/N-ethyl adjacent to an activating group) is 1. The molecule has 0 aliphatic rings. The van der Waals surface area contributed by atoms with Crippen molar-refractivity contribution < 1.29 is 9.53 Å². The first kappa shape index (κ1) is 17.8. The summed E-state index contributed by atoms with van der Waals surface area (Å²) >= 11 is 0. The van der Waals surface area contributed by atoms with Gasteiger partial charge in [0.1, 0.15) is 5.75 Å². The molecule has 0 heterocycles. The van der Waals surface area contributed by atoms with Gasteiger partial charge in [0.05, 0.1) is 7.11 Å². The van der Waals surface area contributed by atoms with Crippen LogP contribution in [0.15, 0.2) is 54.6 Å². The number of benzene rings is 2. The van der Waals surface area contributed by atoms with Crippen LogP contribution in [0, 0.1) is 0 Å². The van der Waals surface area contributed by atoms with Crippen molar-refractivity contribution >= 4 is 11.7 Å². The minimum Gasteiger partial charge on any atom is -0.497 e. The predicted molar refractivity (Wildman–Crippen MR) is 97.4 cm³/mol. The van der Waals surface area contributed by atoms with E-state index in [1.165, 1.54) is 0 Å². The lowest BCUT2D eigenvalue weighted by molar-refractivity contribution is 0.202. The lowest BCUT2D eigenvalue weighted by Gasteiger charge is -2.25. The van der Waals surface area contributed by atoms with Crippen LogP contribution in [0.3, 0.4) is 0 Å². The molecule has 2 rings (SSSR count). The summed E-state index contributed by atoms with van der Waals surface area (Å²) in [5.41, 5.74) is 1.87. The minimum absolute atomic E-state index is 0.106. The third kappa shape index (κ3) is 5.59. The number of carbonyl (C=O) groups excluding carboxylic acids is 1. The molecule has 1 N–H and O–H groups in total. The van der Waals surface area contributed by atoms with Crippen molar-refractivity contribution in [3.05, 3.63) is 60.2 Å². The summed E-state index contributed by atoms with van der Waals surface area (Å²) in [5, 5.41) is 2.95. The van der Waals surface area contributed by atoms with E-state index in [1.807, 2.05) is 73.6 Å². The second-order valence-corrected chi connectivity index (χ2v) is 5.87. The Bertz CT molecular complexity index is 627. The van der Waals surface area contributed by atoms with Crippen LogP contribution in [-0.4, -0.2) is 50.1 Å². The highest BCUT2D eigenvalue weighted by Gasteiger charge is 2.14. The fourth-order valence-corrected chi connectivity index (χ4v) is 2.25. The first-order valence-corrected chi connectivity index (χ1v) is 7.97. The largest absolute Gasteiger partial charge is 0.497 e. The van der Waals surface area contributed by atoms with E-state index in [1.54, 1.807) is 7.11 Å². The lowest BCUT2D eigenvalue weighted by Crippen LogP contribution is -2.39. The molecule has 0 saturated carbocycles. The number of hydrogen-bond donors (Lipinski definition) is 1. The maximum Gasteiger partial charge on any atom is 0.322 e. The number of methoxy groups -OCH3 is 1. The lowest BCUT2D eigenvalue weighted by atomic mass is 10.2. The molecule has 0 fully saturated rings. The van der Waals surface area contributed by atoms with E-state index in [0.29, 0.717) is 13.1 Å². The summed E-state index contributed by atoms with van der Waals surface area (Å²) in [6.45, 7) is 2.05. The Kier molecular flexibility index (Phi) is 6.63. The molecule has 0 radical (unpaired) electrons. The summed E-state index contributed by atoms with van der Waals surface area (Å²) in [4.78, 5) is 16.5. The monoisotopic (exact) mass is 327 g/mol. The summed E-state index contributed by atoms with van der Waals surface area (Å²) in [6.07, 6.45) is 0. The Morgan fingerprint density at radius 3 is 2.25 bits per heavy atom. The number of urea groups is 1. The van der Waals surface area contributed by atoms with Crippen molar-refractivity contribution in [3.8, 4) is 5.75 Å². The van der Waals surface area contributed by atoms with Crippen molar-refractivity contribution in [1.82, 2.24) is 9.80 Å². The van der Waals surface area contributed by atoms with E-state index < -0.39 is 0 Å². The van der Waals surface area contributed by atoms with Gasteiger partial charge in [0.2, 0.25) is 0 Å². The van der Waals surface area contributed by atoms with Gasteiger partial charge in [0.15, 0.2) is 0 Å². The quantitative estimate of drug-likeness (QED) is 0.849. The van der Waals surface area contributed by atoms with Crippen LogP contribution >= 0.6 is 0 Å². The van der Waals surface area contributed by atoms with Crippen LogP contribution in [0.25, 0.3) is 0 Å². The molecule has 2 aromatic carbocycles. The van der Waals surface area contributed by atoms with Crippen LogP contribution in [0.2, 0.25) is 0 Å². The Balaban J connectivity index is 2.04. The van der Waals surface area contributed by atoms with Crippen molar-refractivity contribution in [3.63, 3.8) is 0 Å². The zero-order valence-corrected chi connectivity index (χ0v) is 14.5. The number of nitrogens with one attached hydrogen (secondary N) is 1. The molecule has 0 aromatic heterocycles. The molecule has 0 unspecified atom stereocenters. The summed E-state index contributed by atoms with van der Waals surface area (Å²) < 4.78 is 5.14. The standard InChI is InChI=1S/C19H25N3O2/c1-21(2)13-14-22(15-16-7-5-4-6-8-16)19(23)20-17-9-11-18(24-3)12-10-17/h4-12H,13-15H2,1-3H3,(H,20,23). The smallest absolute Gasteiger partial charge is 0.322 e. The third-order valence-corrected chi connectivity index (χ3v) is 3.66. The van der Waals surface area contributed by atoms with Gasteiger partial charge in [-0.15, -0.1) is 0 Å². The summed E-state index contributed by atoms with van der Waals surface area (Å²) in [6, 6.07) is 17.2. The topological polar surface area (TPSA) is 44.8 Å². The Morgan fingerprint density at radius 2 is 1.67 bits per heavy atom. The Hall–Kier alpha value is -2.53. The van der Waals surface area contributed by atoms with E-state index in [4.69, 9.17) is 4.74 Å². The molecule has 0 bridgehead atoms. The van der Waals surface area contributed by atoms with Crippen LogP contribution in [0.1, 0.15) is 5.56 Å². The first-order valence-electron chi connectivity index (χ1n) is 7.97. The Labute approximate surface area is 143 Å². The van der Waals surface area contributed by atoms with Crippen molar-refractivity contribution in [2.24, 2.45) is 0 Å². The molecule has 0 saturated heterocycles. The number of carbonyl (C=O) groups is 1. The maximum absolute atomic E-state index is 12.6. The van der Waals surface area contributed by atoms with Gasteiger partial charge in [-0.25, -0.2) is 4.79 Å². The maximum atomic E-state index is 12.6. The molecule has 2 aromatic rings. The van der Waals surface area contributed by atoms with Crippen LogP contribution in [0.4, 0.5) is 10.5 Å². The predicted octanol–water partition coefficient (Wildman–Crippen LogP) is 3.29. The average Bonchev–Trinajstić information content (AvgIpc) is 2.60. The van der Waals surface area contributed by atoms with Gasteiger partial charge in [-0.3, -0.25) is 0 Å². The van der Waals surface area contributed by atoms with Gasteiger partial charge in [-0.2, -0.15) is 0 Å². The fraction of sp³-hybridized carbons (Fsp3) is 0.316. The molecule has 0 atom stereocenters. The van der Waals surface area contributed by atoms with Crippen molar-refractivity contribution in [2.75, 3.05) is 39.6 Å². The third-order valence-electron chi connectivity index (χ3n) is 3.66. The molecule has 2 amide bonds. The molecule has 24 heavy (non-hydrogen) atoms. The normalized spacial score (nSPS) is 10.5. The highest BCUT2D eigenvalue weighted by atomic mass is 16.5. The second kappa shape index (κ2) is 8.93. The number of anilines is 1. The SMILES string of the molecule is COc1ccc(NC(=O)N(CCN(C)C)Cc2ccccc2)cc1. The van der Waals surface area contributed by atoms with E-state index in [2.05, 4.69) is 10.2 Å². The van der Waals surface area contributed by atoms with E-state index in [9.17, 15) is 4.79 Å². The minimum atomic E-state index is -0.106. The average molecular weight is 327 g/mol. The summed E-state index contributed by atoms with van der Waals surface area (Å²) in [5.74, 6) is 0.766. The van der Waals surface area contributed by atoms with E-state index in [0.717, 1.165) is 23.5 Å². The van der Waals surface area contributed by atoms with Gasteiger partial charge in [0.25, 0.3) is 0 Å². The molecule has 5 nitrogen and oxygen atoms in total. The van der Waals surface area contributed by atoms with Crippen LogP contribution in [-0.2, 0) is 6.54 Å². The van der Waals surface area contributed by atoms with E-state index in [-0.39, 0.29) is 6.03 Å². The fourth-order valence-electron chi connectivity index (χ4n) is 2.25. The zero-order valence-electron chi connectivity index (χ0n) is 14.5. The second-order valence-electron chi connectivity index (χ2n) is 5.87. The molecular weight excluding hydrogens is 302 g/mol. The van der Waals surface area contributed by atoms with Gasteiger partial charge in [0, 0.05) is 25.3 Å². The number of amides is 2. The molecule has 0 spiro atoms. The van der Waals surface area contributed by atoms with Crippen LogP contribution < -0.4 is 10.1 Å². The number of rotatable bonds is 7. The first-order chi connectivity index (χ1) is 11.6. The van der Waals surface area contributed by atoms with Gasteiger partial charge in [-0.05, 0) is 43.9 Å². The zero-order chi connectivity index (χ0) is 17.4. The van der Waals surface area contributed by atoms with Crippen molar-refractivity contribution in [1.29, 1.82) is 0 Å². The molecule has 0 aliphatic heterocycles. The van der Waals surface area contributed by atoms with Gasteiger partial charge < -0.3 is 19.9 Å². The van der Waals surface area contributed by atoms with Crippen molar-refractivity contribution in [2.45, 2.75) is 6.54 Å². The van der Waals surface area contributed by atoms with E-state index >= 15 is 0 Å². The van der Waals surface area contributed by atoms with Gasteiger partial charge in [-0.1, -0.05) is 30.3 Å². The highest BCUT2D eigenvalue weighted by Crippen LogP contribution is 2.16. The molecule has 5 heteroatoms. The summed E-state index contributed by atoms with van der Waals surface area (Å²) in [7, 11) is 5.63.